The Labute approximate surface area is 104 Å². The van der Waals surface area contributed by atoms with Crippen molar-refractivity contribution in [2.24, 2.45) is 0 Å². The number of hydrogen-bond acceptors (Lipinski definition) is 6. The molecule has 9 heteroatoms. The van der Waals surface area contributed by atoms with Gasteiger partial charge in [-0.05, 0) is 0 Å². The number of carbonyl (C=O) groups is 1. The molecule has 0 aliphatic rings. The zero-order valence-corrected chi connectivity index (χ0v) is 10.2. The van der Waals surface area contributed by atoms with Gasteiger partial charge in [-0.1, -0.05) is 0 Å². The first-order valence-electron chi connectivity index (χ1n) is 4.22. The molecule has 1 aromatic rings. The van der Waals surface area contributed by atoms with Gasteiger partial charge in [0, 0.05) is 15.9 Å². The van der Waals surface area contributed by atoms with Crippen molar-refractivity contribution in [2.45, 2.75) is 0 Å². The molecule has 0 amide bonds. The van der Waals surface area contributed by atoms with E-state index < -0.39 is 23.2 Å². The Balaban J connectivity index is 3.00. The first-order chi connectivity index (χ1) is 7.95. The van der Waals surface area contributed by atoms with Crippen molar-refractivity contribution < 1.29 is 23.9 Å². The molecule has 92 valence electrons. The summed E-state index contributed by atoms with van der Waals surface area (Å²) in [5, 5.41) is 21.9. The lowest BCUT2D eigenvalue weighted by molar-refractivity contribution is -0.618. The number of aromatic nitrogens is 1. The largest absolute Gasteiger partial charge is 0.618 e. The number of halogens is 1. The van der Waals surface area contributed by atoms with Crippen LogP contribution < -0.4 is 9.47 Å². The lowest BCUT2D eigenvalue weighted by atomic mass is 10.4. The van der Waals surface area contributed by atoms with Crippen LogP contribution in [0.15, 0.2) is 16.9 Å². The fourth-order valence-corrected chi connectivity index (χ4v) is 1.25. The smallest absolute Gasteiger partial charge is 0.343 e. The van der Waals surface area contributed by atoms with Gasteiger partial charge in [0.05, 0.1) is 12.0 Å². The van der Waals surface area contributed by atoms with Crippen LogP contribution >= 0.6 is 15.9 Å². The van der Waals surface area contributed by atoms with E-state index in [0.29, 0.717) is 4.73 Å². The van der Waals surface area contributed by atoms with Gasteiger partial charge in [-0.25, -0.2) is 4.79 Å². The summed E-state index contributed by atoms with van der Waals surface area (Å²) in [6.45, 7) is -0.515. The first kappa shape index (κ1) is 13.2. The van der Waals surface area contributed by atoms with Crippen LogP contribution in [0.25, 0.3) is 0 Å². The summed E-state index contributed by atoms with van der Waals surface area (Å²) in [6, 6.07) is 0.986. The SMILES string of the molecule is COC(=O)COc1c[n+]([O-])c(Br)cc1[N+](=O)[O-]. The maximum atomic E-state index is 11.2. The molecule has 0 aromatic carbocycles. The number of hydrogen-bond donors (Lipinski definition) is 0. The summed E-state index contributed by atoms with van der Waals surface area (Å²) in [5.74, 6) is -1.02. The van der Waals surface area contributed by atoms with Gasteiger partial charge < -0.3 is 14.7 Å². The van der Waals surface area contributed by atoms with E-state index in [0.717, 1.165) is 19.4 Å². The lowest BCUT2D eigenvalue weighted by Crippen LogP contribution is -2.28. The monoisotopic (exact) mass is 306 g/mol. The average Bonchev–Trinajstić information content (AvgIpc) is 2.29. The molecule has 0 spiro atoms. The zero-order valence-electron chi connectivity index (χ0n) is 8.58. The van der Waals surface area contributed by atoms with E-state index in [9.17, 15) is 20.1 Å². The number of nitrogens with zero attached hydrogens (tertiary/aromatic N) is 2. The molecule has 0 saturated heterocycles. The molecule has 0 bridgehead atoms. The van der Waals surface area contributed by atoms with Crippen molar-refractivity contribution >= 4 is 27.6 Å². The maximum absolute atomic E-state index is 11.2. The van der Waals surface area contributed by atoms with Crippen LogP contribution in [-0.2, 0) is 9.53 Å². The summed E-state index contributed by atoms with van der Waals surface area (Å²) in [6.07, 6.45) is 0.852. The molecule has 0 atom stereocenters. The van der Waals surface area contributed by atoms with E-state index in [2.05, 4.69) is 20.7 Å². The minimum absolute atomic E-state index is 0.0328. The molecule has 1 heterocycles. The molecule has 17 heavy (non-hydrogen) atoms. The Kier molecular flexibility index (Phi) is 4.21. The van der Waals surface area contributed by atoms with E-state index in [4.69, 9.17) is 4.74 Å². The fourth-order valence-electron chi connectivity index (χ4n) is 0.931. The average molecular weight is 307 g/mol. The summed E-state index contributed by atoms with van der Waals surface area (Å²) in [5.41, 5.74) is -0.423. The van der Waals surface area contributed by atoms with Gasteiger partial charge in [-0.2, -0.15) is 4.73 Å². The summed E-state index contributed by atoms with van der Waals surface area (Å²) in [7, 11) is 1.15. The minimum atomic E-state index is -0.725. The Bertz CT molecular complexity index is 464. The topological polar surface area (TPSA) is 106 Å². The lowest BCUT2D eigenvalue weighted by Gasteiger charge is -2.05. The second kappa shape index (κ2) is 5.43. The number of esters is 1. The molecule has 0 fully saturated rings. The van der Waals surface area contributed by atoms with E-state index in [1.807, 2.05) is 0 Å². The molecular formula is C8H7BrN2O6. The predicted octanol–water partition coefficient (Wildman–Crippen LogP) is 0.542. The normalized spacial score (nSPS) is 9.76. The van der Waals surface area contributed by atoms with Gasteiger partial charge in [-0.3, -0.25) is 10.1 Å². The Hall–Kier alpha value is -1.90. The second-order valence-corrected chi connectivity index (χ2v) is 3.61. The Morgan fingerprint density at radius 1 is 1.65 bits per heavy atom. The van der Waals surface area contributed by atoms with E-state index in [1.54, 1.807) is 0 Å². The molecule has 0 aliphatic carbocycles. The van der Waals surface area contributed by atoms with E-state index in [1.165, 1.54) is 0 Å². The first-order valence-corrected chi connectivity index (χ1v) is 5.01. The number of pyridine rings is 1. The third-order valence-electron chi connectivity index (χ3n) is 1.72. The molecule has 0 aliphatic heterocycles. The van der Waals surface area contributed by atoms with Gasteiger partial charge in [0.2, 0.25) is 6.20 Å². The second-order valence-electron chi connectivity index (χ2n) is 2.79. The van der Waals surface area contributed by atoms with Crippen molar-refractivity contribution in [2.75, 3.05) is 13.7 Å². The molecule has 1 aromatic heterocycles. The van der Waals surface area contributed by atoms with Gasteiger partial charge in [-0.15, -0.1) is 0 Å². The quantitative estimate of drug-likeness (QED) is 0.201. The summed E-state index contributed by atoms with van der Waals surface area (Å²) < 4.78 is 9.43. The predicted molar refractivity (Wildman–Crippen MR) is 57.3 cm³/mol. The van der Waals surface area contributed by atoms with Gasteiger partial charge in [0.1, 0.15) is 6.07 Å². The molecule has 0 saturated carbocycles. The van der Waals surface area contributed by atoms with Gasteiger partial charge >= 0.3 is 11.7 Å². The number of methoxy groups -OCH3 is 1. The maximum Gasteiger partial charge on any atom is 0.343 e. The standard InChI is InChI=1S/C8H7BrN2O6/c1-16-8(12)4-17-6-3-10(13)7(9)2-5(6)11(14)15/h2-3H,4H2,1H3. The fraction of sp³-hybridized carbons (Fsp3) is 0.250. The molecular weight excluding hydrogens is 300 g/mol. The highest BCUT2D eigenvalue weighted by molar-refractivity contribution is 9.10. The van der Waals surface area contributed by atoms with Crippen LogP contribution in [0.2, 0.25) is 0 Å². The molecule has 1 rings (SSSR count). The van der Waals surface area contributed by atoms with Crippen molar-refractivity contribution in [1.29, 1.82) is 0 Å². The third-order valence-corrected chi connectivity index (χ3v) is 2.30. The van der Waals surface area contributed by atoms with Gasteiger partial charge in [0.15, 0.2) is 6.61 Å². The highest BCUT2D eigenvalue weighted by Crippen LogP contribution is 2.27. The van der Waals surface area contributed by atoms with Crippen LogP contribution in [0.4, 0.5) is 5.69 Å². The molecule has 0 N–H and O–H groups in total. The third kappa shape index (κ3) is 3.28. The van der Waals surface area contributed by atoms with E-state index in [-0.39, 0.29) is 10.4 Å². The van der Waals surface area contributed by atoms with Crippen LogP contribution in [0.5, 0.6) is 5.75 Å². The number of nitro groups is 1. The highest BCUT2D eigenvalue weighted by atomic mass is 79.9. The van der Waals surface area contributed by atoms with E-state index >= 15 is 0 Å². The van der Waals surface area contributed by atoms with Crippen molar-refractivity contribution in [3.05, 3.63) is 32.2 Å². The number of carbonyl (C=O) groups excluding carboxylic acids is 1. The Morgan fingerprint density at radius 3 is 2.82 bits per heavy atom. The summed E-state index contributed by atoms with van der Waals surface area (Å²) in [4.78, 5) is 20.8. The van der Waals surface area contributed by atoms with Gasteiger partial charge in [0.25, 0.3) is 10.4 Å². The van der Waals surface area contributed by atoms with Crippen molar-refractivity contribution in [1.82, 2.24) is 0 Å². The highest BCUT2D eigenvalue weighted by Gasteiger charge is 2.22. The minimum Gasteiger partial charge on any atom is -0.618 e. The van der Waals surface area contributed by atoms with Crippen molar-refractivity contribution in [3.8, 4) is 5.75 Å². The Morgan fingerprint density at radius 2 is 2.29 bits per heavy atom. The number of ether oxygens (including phenoxy) is 2. The van der Waals surface area contributed by atoms with Crippen LogP contribution in [0.1, 0.15) is 0 Å². The van der Waals surface area contributed by atoms with Crippen LogP contribution in [-0.4, -0.2) is 24.6 Å². The molecule has 8 nitrogen and oxygen atoms in total. The van der Waals surface area contributed by atoms with Crippen LogP contribution in [0, 0.1) is 15.3 Å². The van der Waals surface area contributed by atoms with Crippen molar-refractivity contribution in [3.63, 3.8) is 0 Å². The molecule has 0 unspecified atom stereocenters. The number of rotatable bonds is 4. The molecule has 0 radical (unpaired) electrons. The summed E-state index contributed by atoms with van der Waals surface area (Å²) >= 11 is 2.84. The zero-order chi connectivity index (χ0) is 13.0. The van der Waals surface area contributed by atoms with Crippen LogP contribution in [0.3, 0.4) is 0 Å².